The summed E-state index contributed by atoms with van der Waals surface area (Å²) in [4.78, 5) is 14.2. The molecule has 3 atom stereocenters. The maximum atomic E-state index is 12.4. The Morgan fingerprint density at radius 1 is 1.30 bits per heavy atom. The molecule has 2 heterocycles. The second kappa shape index (κ2) is 6.62. The lowest BCUT2D eigenvalue weighted by Crippen LogP contribution is -2.46. The lowest BCUT2D eigenvalue weighted by atomic mass is 10.0. The summed E-state index contributed by atoms with van der Waals surface area (Å²) in [5.41, 5.74) is 1.22. The number of nitrogens with zero attached hydrogens (tertiary/aromatic N) is 1. The highest BCUT2D eigenvalue weighted by Gasteiger charge is 2.48. The standard InChI is InChI=1S/C18H25N3O2/c1-4-8-14(13-9-6-5-7-10-13)19-16-11-15-17(23-15)21(12(2)3)18(22)20-16/h5-7,9-12,14-15,17,19H,4,8H2,1-3H3,(H,20,22)/t14-,15?,17?/m0/s1. The number of carbonyl (C=O) groups is 1. The lowest BCUT2D eigenvalue weighted by molar-refractivity contribution is 0.147. The normalized spacial score (nSPS) is 24.4. The molecule has 0 aliphatic carbocycles. The van der Waals surface area contributed by atoms with Gasteiger partial charge < -0.3 is 10.1 Å². The third-order valence-corrected chi connectivity index (χ3v) is 4.25. The number of amides is 2. The van der Waals surface area contributed by atoms with Crippen LogP contribution >= 0.6 is 0 Å². The number of benzene rings is 1. The van der Waals surface area contributed by atoms with E-state index in [1.54, 1.807) is 4.90 Å². The molecule has 1 saturated heterocycles. The summed E-state index contributed by atoms with van der Waals surface area (Å²) in [7, 11) is 0. The molecule has 0 bridgehead atoms. The summed E-state index contributed by atoms with van der Waals surface area (Å²) < 4.78 is 5.63. The Balaban J connectivity index is 1.75. The minimum atomic E-state index is -0.129. The van der Waals surface area contributed by atoms with E-state index in [0.717, 1.165) is 18.7 Å². The first kappa shape index (κ1) is 15.9. The van der Waals surface area contributed by atoms with Gasteiger partial charge in [0.2, 0.25) is 0 Å². The van der Waals surface area contributed by atoms with Crippen LogP contribution in [0.1, 0.15) is 45.2 Å². The smallest absolute Gasteiger partial charge is 0.325 e. The summed E-state index contributed by atoms with van der Waals surface area (Å²) in [5, 5.41) is 6.47. The fourth-order valence-corrected chi connectivity index (χ4v) is 3.06. The van der Waals surface area contributed by atoms with E-state index in [1.165, 1.54) is 5.56 Å². The highest BCUT2D eigenvalue weighted by atomic mass is 16.6. The third-order valence-electron chi connectivity index (χ3n) is 4.25. The molecule has 0 spiro atoms. The lowest BCUT2D eigenvalue weighted by Gasteiger charge is -2.26. The molecule has 1 aromatic carbocycles. The van der Waals surface area contributed by atoms with Crippen molar-refractivity contribution in [3.8, 4) is 0 Å². The zero-order valence-corrected chi connectivity index (χ0v) is 14.0. The molecule has 0 saturated carbocycles. The first-order valence-corrected chi connectivity index (χ1v) is 8.38. The van der Waals surface area contributed by atoms with Gasteiger partial charge in [-0.3, -0.25) is 10.2 Å². The zero-order valence-electron chi connectivity index (χ0n) is 14.0. The van der Waals surface area contributed by atoms with Crippen LogP contribution in [0.15, 0.2) is 42.2 Å². The summed E-state index contributed by atoms with van der Waals surface area (Å²) in [6, 6.07) is 10.5. The minimum absolute atomic E-state index is 0.0168. The number of urea groups is 1. The van der Waals surface area contributed by atoms with Gasteiger partial charge in [0.15, 0.2) is 6.23 Å². The monoisotopic (exact) mass is 315 g/mol. The van der Waals surface area contributed by atoms with Gasteiger partial charge in [-0.25, -0.2) is 4.79 Å². The van der Waals surface area contributed by atoms with E-state index in [2.05, 4.69) is 29.7 Å². The van der Waals surface area contributed by atoms with Gasteiger partial charge in [0.1, 0.15) is 11.9 Å². The van der Waals surface area contributed by atoms with Gasteiger partial charge in [0.05, 0.1) is 6.04 Å². The van der Waals surface area contributed by atoms with Gasteiger partial charge in [-0.15, -0.1) is 0 Å². The van der Waals surface area contributed by atoms with Gasteiger partial charge in [-0.1, -0.05) is 43.7 Å². The quantitative estimate of drug-likeness (QED) is 0.793. The van der Waals surface area contributed by atoms with E-state index in [1.807, 2.05) is 38.1 Å². The fraction of sp³-hybridized carbons (Fsp3) is 0.500. The molecule has 3 rings (SSSR count). The number of fused-ring (bicyclic) bond motifs is 1. The Hall–Kier alpha value is -2.01. The maximum absolute atomic E-state index is 12.4. The molecule has 0 aromatic heterocycles. The first-order chi connectivity index (χ1) is 11.1. The van der Waals surface area contributed by atoms with Crippen molar-refractivity contribution < 1.29 is 9.53 Å². The fourth-order valence-electron chi connectivity index (χ4n) is 3.06. The molecule has 5 heteroatoms. The Morgan fingerprint density at radius 3 is 2.70 bits per heavy atom. The van der Waals surface area contributed by atoms with Crippen LogP contribution in [0.4, 0.5) is 4.79 Å². The number of rotatable bonds is 6. The van der Waals surface area contributed by atoms with Crippen LogP contribution in [0.25, 0.3) is 0 Å². The molecule has 5 nitrogen and oxygen atoms in total. The Labute approximate surface area is 137 Å². The summed E-state index contributed by atoms with van der Waals surface area (Å²) in [5.74, 6) is 0.743. The van der Waals surface area contributed by atoms with Crippen molar-refractivity contribution in [2.75, 3.05) is 0 Å². The van der Waals surface area contributed by atoms with Crippen LogP contribution in [0.2, 0.25) is 0 Å². The van der Waals surface area contributed by atoms with Crippen LogP contribution in [0, 0.1) is 0 Å². The van der Waals surface area contributed by atoms with E-state index in [4.69, 9.17) is 4.74 Å². The van der Waals surface area contributed by atoms with E-state index in [9.17, 15) is 4.79 Å². The summed E-state index contributed by atoms with van der Waals surface area (Å²) >= 11 is 0. The van der Waals surface area contributed by atoms with Crippen LogP contribution in [-0.4, -0.2) is 29.3 Å². The molecular formula is C18H25N3O2. The molecule has 2 N–H and O–H groups in total. The molecular weight excluding hydrogens is 290 g/mol. The summed E-state index contributed by atoms with van der Waals surface area (Å²) in [6.45, 7) is 6.17. The van der Waals surface area contributed by atoms with Crippen LogP contribution in [0.5, 0.6) is 0 Å². The Bertz CT molecular complexity index is 585. The molecule has 23 heavy (non-hydrogen) atoms. The van der Waals surface area contributed by atoms with E-state index in [-0.39, 0.29) is 30.4 Å². The number of ether oxygens (including phenoxy) is 1. The second-order valence-electron chi connectivity index (χ2n) is 6.40. The molecule has 2 unspecified atom stereocenters. The van der Waals surface area contributed by atoms with Crippen molar-refractivity contribution in [2.45, 2.75) is 58.0 Å². The molecule has 2 amide bonds. The molecule has 0 radical (unpaired) electrons. The average Bonchev–Trinajstić information content (AvgIpc) is 3.26. The highest BCUT2D eigenvalue weighted by molar-refractivity contribution is 5.77. The van der Waals surface area contributed by atoms with Crippen molar-refractivity contribution in [3.63, 3.8) is 0 Å². The number of carbonyl (C=O) groups excluding carboxylic acids is 1. The van der Waals surface area contributed by atoms with Crippen LogP contribution in [-0.2, 0) is 4.74 Å². The molecule has 2 aliphatic rings. The van der Waals surface area contributed by atoms with Crippen molar-refractivity contribution >= 4 is 6.03 Å². The van der Waals surface area contributed by atoms with Gasteiger partial charge in [-0.05, 0) is 31.9 Å². The van der Waals surface area contributed by atoms with Crippen molar-refractivity contribution in [3.05, 3.63) is 47.8 Å². The van der Waals surface area contributed by atoms with E-state index < -0.39 is 0 Å². The second-order valence-corrected chi connectivity index (χ2v) is 6.40. The van der Waals surface area contributed by atoms with Gasteiger partial charge in [0, 0.05) is 6.04 Å². The molecule has 1 fully saturated rings. The summed E-state index contributed by atoms with van der Waals surface area (Å²) in [6.07, 6.45) is 3.90. The van der Waals surface area contributed by atoms with Crippen LogP contribution < -0.4 is 10.6 Å². The number of nitrogens with one attached hydrogen (secondary N) is 2. The molecule has 1 aromatic rings. The van der Waals surface area contributed by atoms with Gasteiger partial charge in [0.25, 0.3) is 0 Å². The highest BCUT2D eigenvalue weighted by Crippen LogP contribution is 2.32. The van der Waals surface area contributed by atoms with Gasteiger partial charge >= 0.3 is 6.03 Å². The third kappa shape index (κ3) is 3.50. The average molecular weight is 315 g/mol. The Kier molecular flexibility index (Phi) is 4.57. The van der Waals surface area contributed by atoms with Gasteiger partial charge in [-0.2, -0.15) is 0 Å². The van der Waals surface area contributed by atoms with Crippen molar-refractivity contribution in [1.29, 1.82) is 0 Å². The van der Waals surface area contributed by atoms with E-state index >= 15 is 0 Å². The number of hydrogen-bond acceptors (Lipinski definition) is 3. The Morgan fingerprint density at radius 2 is 2.04 bits per heavy atom. The predicted octanol–water partition coefficient (Wildman–Crippen LogP) is 3.12. The maximum Gasteiger partial charge on any atom is 0.325 e. The number of hydrogen-bond donors (Lipinski definition) is 2. The minimum Gasteiger partial charge on any atom is -0.365 e. The number of epoxide rings is 1. The largest absolute Gasteiger partial charge is 0.365 e. The van der Waals surface area contributed by atoms with Crippen LogP contribution in [0.3, 0.4) is 0 Å². The zero-order chi connectivity index (χ0) is 16.4. The first-order valence-electron chi connectivity index (χ1n) is 8.38. The van der Waals surface area contributed by atoms with Crippen molar-refractivity contribution in [1.82, 2.24) is 15.5 Å². The molecule has 124 valence electrons. The SMILES string of the molecule is CCC[C@H](NC1=CC2OC2N(C(C)C)C(=O)N1)c1ccccc1. The molecule has 2 aliphatic heterocycles. The predicted molar refractivity (Wildman–Crippen MR) is 89.5 cm³/mol. The van der Waals surface area contributed by atoms with E-state index in [0.29, 0.717) is 0 Å². The van der Waals surface area contributed by atoms with Crippen molar-refractivity contribution in [2.24, 2.45) is 0 Å². The topological polar surface area (TPSA) is 56.9 Å².